The van der Waals surface area contributed by atoms with Crippen LogP contribution >= 0.6 is 0 Å². The number of nitrogens with one attached hydrogen (secondary N) is 1. The van der Waals surface area contributed by atoms with Crippen molar-refractivity contribution in [3.63, 3.8) is 0 Å². The molecule has 0 amide bonds. The van der Waals surface area contributed by atoms with Crippen molar-refractivity contribution in [3.05, 3.63) is 12.3 Å². The Bertz CT molecular complexity index is 353. The number of hydrogen-bond donors (Lipinski definition) is 2. The Morgan fingerprint density at radius 1 is 1.50 bits per heavy atom. The molecule has 5 nitrogen and oxygen atoms in total. The highest BCUT2D eigenvalue weighted by Gasteiger charge is 2.42. The van der Waals surface area contributed by atoms with Gasteiger partial charge in [0.1, 0.15) is 5.82 Å². The maximum Gasteiger partial charge on any atom is 0.221 e. The van der Waals surface area contributed by atoms with E-state index in [1.165, 1.54) is 0 Å². The Kier molecular flexibility index (Phi) is 1.61. The van der Waals surface area contributed by atoms with Crippen LogP contribution in [0.1, 0.15) is 0 Å². The SMILES string of the molecule is Nc1nccc(N2C[C@@H]3CNC[C@@H]32)n1. The number of aromatic nitrogens is 2. The van der Waals surface area contributed by atoms with Gasteiger partial charge in [0, 0.05) is 37.8 Å². The Balaban J connectivity index is 1.83. The van der Waals surface area contributed by atoms with Crippen LogP contribution in [0.5, 0.6) is 0 Å². The molecule has 14 heavy (non-hydrogen) atoms. The molecule has 0 radical (unpaired) electrons. The molecule has 2 atom stereocenters. The maximum atomic E-state index is 5.55. The van der Waals surface area contributed by atoms with Crippen molar-refractivity contribution in [2.75, 3.05) is 30.3 Å². The number of fused-ring (bicyclic) bond motifs is 1. The van der Waals surface area contributed by atoms with E-state index in [0.717, 1.165) is 31.4 Å². The van der Waals surface area contributed by atoms with Crippen LogP contribution in [-0.2, 0) is 0 Å². The van der Waals surface area contributed by atoms with Crippen LogP contribution in [0, 0.1) is 5.92 Å². The third kappa shape index (κ3) is 1.05. The van der Waals surface area contributed by atoms with E-state index in [2.05, 4.69) is 20.2 Å². The molecule has 0 spiro atoms. The lowest BCUT2D eigenvalue weighted by atomic mass is 9.92. The van der Waals surface area contributed by atoms with Gasteiger partial charge in [0.15, 0.2) is 0 Å². The molecule has 74 valence electrons. The Hall–Kier alpha value is -1.36. The molecule has 0 saturated carbocycles. The zero-order valence-corrected chi connectivity index (χ0v) is 7.85. The fourth-order valence-electron chi connectivity index (χ4n) is 2.31. The molecule has 2 fully saturated rings. The van der Waals surface area contributed by atoms with Gasteiger partial charge in [0.05, 0.1) is 0 Å². The molecule has 3 heterocycles. The summed E-state index contributed by atoms with van der Waals surface area (Å²) in [4.78, 5) is 10.4. The zero-order chi connectivity index (χ0) is 9.54. The van der Waals surface area contributed by atoms with Gasteiger partial charge < -0.3 is 16.0 Å². The Morgan fingerprint density at radius 2 is 2.43 bits per heavy atom. The first kappa shape index (κ1) is 7.99. The first-order valence-corrected chi connectivity index (χ1v) is 4.90. The highest BCUT2D eigenvalue weighted by molar-refractivity contribution is 5.46. The Morgan fingerprint density at radius 3 is 3.21 bits per heavy atom. The van der Waals surface area contributed by atoms with Gasteiger partial charge in [0.2, 0.25) is 5.95 Å². The lowest BCUT2D eigenvalue weighted by Crippen LogP contribution is -2.56. The predicted octanol–water partition coefficient (Wildman–Crippen LogP) is -0.533. The van der Waals surface area contributed by atoms with Crippen LogP contribution in [0.2, 0.25) is 0 Å². The lowest BCUT2D eigenvalue weighted by Gasteiger charge is -2.44. The molecule has 1 aromatic heterocycles. The van der Waals surface area contributed by atoms with Crippen LogP contribution in [0.15, 0.2) is 12.3 Å². The number of nitrogens with zero attached hydrogens (tertiary/aromatic N) is 3. The summed E-state index contributed by atoms with van der Waals surface area (Å²) in [5.74, 6) is 2.12. The van der Waals surface area contributed by atoms with Crippen molar-refractivity contribution < 1.29 is 0 Å². The number of nitrogens with two attached hydrogens (primary N) is 1. The molecule has 3 N–H and O–H groups in total. The minimum Gasteiger partial charge on any atom is -0.368 e. The highest BCUT2D eigenvalue weighted by Crippen LogP contribution is 2.31. The lowest BCUT2D eigenvalue weighted by molar-refractivity contribution is 0.362. The maximum absolute atomic E-state index is 5.55. The molecule has 3 rings (SSSR count). The number of rotatable bonds is 1. The summed E-state index contributed by atoms with van der Waals surface area (Å²) >= 11 is 0. The Labute approximate surface area is 82.3 Å². The van der Waals surface area contributed by atoms with Crippen LogP contribution in [0.4, 0.5) is 11.8 Å². The van der Waals surface area contributed by atoms with E-state index in [1.807, 2.05) is 6.07 Å². The molecule has 0 aliphatic carbocycles. The average molecular weight is 191 g/mol. The quantitative estimate of drug-likeness (QED) is 0.624. The molecule has 0 bridgehead atoms. The molecule has 2 aliphatic heterocycles. The van der Waals surface area contributed by atoms with E-state index < -0.39 is 0 Å². The van der Waals surface area contributed by atoms with Gasteiger partial charge in [0.25, 0.3) is 0 Å². The predicted molar refractivity (Wildman–Crippen MR) is 53.9 cm³/mol. The molecule has 0 aromatic carbocycles. The van der Waals surface area contributed by atoms with Gasteiger partial charge in [-0.15, -0.1) is 0 Å². The summed E-state index contributed by atoms with van der Waals surface area (Å²) in [6, 6.07) is 2.54. The van der Waals surface area contributed by atoms with Crippen molar-refractivity contribution in [2.45, 2.75) is 6.04 Å². The molecule has 2 aliphatic rings. The number of nitrogen functional groups attached to an aromatic ring is 1. The van der Waals surface area contributed by atoms with Gasteiger partial charge in [-0.25, -0.2) is 4.98 Å². The van der Waals surface area contributed by atoms with Crippen LogP contribution in [-0.4, -0.2) is 35.6 Å². The van der Waals surface area contributed by atoms with Crippen molar-refractivity contribution in [3.8, 4) is 0 Å². The monoisotopic (exact) mass is 191 g/mol. The van der Waals surface area contributed by atoms with Crippen LogP contribution < -0.4 is 16.0 Å². The molecular formula is C9H13N5. The third-order valence-electron chi connectivity index (χ3n) is 3.09. The second-order valence-corrected chi connectivity index (χ2v) is 3.91. The van der Waals surface area contributed by atoms with Crippen molar-refractivity contribution in [1.29, 1.82) is 0 Å². The fourth-order valence-corrected chi connectivity index (χ4v) is 2.31. The van der Waals surface area contributed by atoms with Gasteiger partial charge in [-0.1, -0.05) is 0 Å². The van der Waals surface area contributed by atoms with Gasteiger partial charge in [-0.3, -0.25) is 0 Å². The second-order valence-electron chi connectivity index (χ2n) is 3.91. The molecule has 2 saturated heterocycles. The minimum atomic E-state index is 0.358. The summed E-state index contributed by atoms with van der Waals surface area (Å²) < 4.78 is 0. The summed E-state index contributed by atoms with van der Waals surface area (Å²) in [6.45, 7) is 3.30. The summed E-state index contributed by atoms with van der Waals surface area (Å²) in [7, 11) is 0. The normalized spacial score (nSPS) is 29.9. The second kappa shape index (κ2) is 2.81. The van der Waals surface area contributed by atoms with E-state index in [9.17, 15) is 0 Å². The van der Waals surface area contributed by atoms with Crippen molar-refractivity contribution >= 4 is 11.8 Å². The largest absolute Gasteiger partial charge is 0.368 e. The highest BCUT2D eigenvalue weighted by atomic mass is 15.3. The molecule has 0 unspecified atom stereocenters. The molecular weight excluding hydrogens is 178 g/mol. The van der Waals surface area contributed by atoms with E-state index in [-0.39, 0.29) is 0 Å². The zero-order valence-electron chi connectivity index (χ0n) is 7.85. The van der Waals surface area contributed by atoms with E-state index >= 15 is 0 Å². The van der Waals surface area contributed by atoms with Crippen molar-refractivity contribution in [2.24, 2.45) is 5.92 Å². The van der Waals surface area contributed by atoms with Crippen LogP contribution in [0.25, 0.3) is 0 Å². The van der Waals surface area contributed by atoms with Gasteiger partial charge in [-0.2, -0.15) is 4.98 Å². The van der Waals surface area contributed by atoms with E-state index in [0.29, 0.717) is 12.0 Å². The van der Waals surface area contributed by atoms with Crippen molar-refractivity contribution in [1.82, 2.24) is 15.3 Å². The molecule has 1 aromatic rings. The average Bonchev–Trinajstić information content (AvgIpc) is 2.48. The van der Waals surface area contributed by atoms with E-state index in [1.54, 1.807) is 6.20 Å². The number of anilines is 2. The first-order valence-electron chi connectivity index (χ1n) is 4.90. The summed E-state index contributed by atoms with van der Waals surface area (Å²) in [5, 5.41) is 3.38. The summed E-state index contributed by atoms with van der Waals surface area (Å²) in [5.41, 5.74) is 5.55. The standard InChI is InChI=1S/C9H13N5/c10-9-12-2-1-8(13-9)14-5-6-3-11-4-7(6)14/h1-2,6-7,11H,3-5H2,(H2,10,12,13)/t6-,7-/m0/s1. The topological polar surface area (TPSA) is 67.1 Å². The van der Waals surface area contributed by atoms with Gasteiger partial charge in [-0.05, 0) is 6.07 Å². The molecule has 5 heteroatoms. The smallest absolute Gasteiger partial charge is 0.221 e. The van der Waals surface area contributed by atoms with E-state index in [4.69, 9.17) is 5.73 Å². The van der Waals surface area contributed by atoms with Gasteiger partial charge >= 0.3 is 0 Å². The first-order chi connectivity index (χ1) is 6.84. The fraction of sp³-hybridized carbons (Fsp3) is 0.556. The summed E-state index contributed by atoms with van der Waals surface area (Å²) in [6.07, 6.45) is 1.72. The van der Waals surface area contributed by atoms with Crippen LogP contribution in [0.3, 0.4) is 0 Å². The third-order valence-corrected chi connectivity index (χ3v) is 3.09. The number of hydrogen-bond acceptors (Lipinski definition) is 5. The minimum absolute atomic E-state index is 0.358.